The number of alkyl halides is 1. The second-order valence-electron chi connectivity index (χ2n) is 9.02. The fraction of sp³-hybridized carbons (Fsp3) is 0.414. The Kier molecular flexibility index (Phi) is 14.7. The van der Waals surface area contributed by atoms with Crippen LogP contribution in [0.2, 0.25) is 0 Å². The van der Waals surface area contributed by atoms with E-state index >= 15 is 0 Å². The van der Waals surface area contributed by atoms with Gasteiger partial charge in [0.1, 0.15) is 17.8 Å². The van der Waals surface area contributed by atoms with Gasteiger partial charge in [-0.05, 0) is 76.2 Å². The molecule has 0 aromatic heterocycles. The average Bonchev–Trinajstić information content (AvgIpc) is 2.92. The molecule has 1 aliphatic heterocycles. The number of thiol groups is 1. The van der Waals surface area contributed by atoms with Crippen LogP contribution in [0.15, 0.2) is 63.7 Å². The number of allylic oxidation sites excluding steroid dienone is 1. The van der Waals surface area contributed by atoms with E-state index in [2.05, 4.69) is 34.7 Å². The van der Waals surface area contributed by atoms with Crippen molar-refractivity contribution in [2.45, 2.75) is 53.3 Å². The monoisotopic (exact) mass is 544 g/mol. The number of aliphatic imine (C=N–C) groups is 2. The number of hydrogen-bond acceptors (Lipinski definition) is 6. The van der Waals surface area contributed by atoms with Crippen LogP contribution >= 0.6 is 12.8 Å². The third-order valence-corrected chi connectivity index (χ3v) is 6.26. The minimum absolute atomic E-state index is 0.187. The minimum Gasteiger partial charge on any atom is -0.383 e. The number of amidine groups is 1. The predicted molar refractivity (Wildman–Crippen MR) is 162 cm³/mol. The Balaban J connectivity index is 0.00000172. The first-order valence-electron chi connectivity index (χ1n) is 12.7. The lowest BCUT2D eigenvalue weighted by Gasteiger charge is -2.32. The lowest BCUT2D eigenvalue weighted by molar-refractivity contribution is 0.102. The molecule has 2 unspecified atom stereocenters. The van der Waals surface area contributed by atoms with E-state index in [0.717, 1.165) is 23.2 Å². The number of benzene rings is 2. The number of aryl methyl sites for hydroxylation is 1. The molecule has 1 heterocycles. The maximum absolute atomic E-state index is 14.6. The molecular weight excluding hydrogens is 502 g/mol. The molecule has 0 amide bonds. The molecule has 2 aromatic carbocycles. The highest BCUT2D eigenvalue weighted by Gasteiger charge is 2.29. The van der Waals surface area contributed by atoms with Crippen LogP contribution in [0, 0.1) is 24.1 Å². The number of nitrogens with one attached hydrogen (secondary N) is 1. The molecule has 0 saturated carbocycles. The Morgan fingerprint density at radius 2 is 1.82 bits per heavy atom. The first-order valence-corrected chi connectivity index (χ1v) is 13.2. The van der Waals surface area contributed by atoms with Gasteiger partial charge in [0.2, 0.25) is 0 Å². The van der Waals surface area contributed by atoms with Crippen LogP contribution in [0.3, 0.4) is 0 Å². The smallest absolute Gasteiger partial charge is 0.131 e. The second kappa shape index (κ2) is 16.9. The highest BCUT2D eigenvalue weighted by Crippen LogP contribution is 2.29. The SMILES string of the molecule is C=N/C(CC1CCN(C)CC1F)=C(/C(C)=N)C(N)=NCc1ccc(-c2cc(C)ccc2F)cc1.CC.NS. The summed E-state index contributed by atoms with van der Waals surface area (Å²) in [5.74, 6) is -0.262. The Hall–Kier alpha value is -2.88. The van der Waals surface area contributed by atoms with Gasteiger partial charge < -0.3 is 16.0 Å². The van der Waals surface area contributed by atoms with E-state index in [1.165, 1.54) is 6.07 Å². The van der Waals surface area contributed by atoms with E-state index in [0.29, 0.717) is 42.8 Å². The first kappa shape index (κ1) is 33.1. The van der Waals surface area contributed by atoms with Crippen molar-refractivity contribution in [3.05, 3.63) is 70.7 Å². The van der Waals surface area contributed by atoms with Gasteiger partial charge in [0.25, 0.3) is 0 Å². The number of rotatable bonds is 8. The molecule has 1 saturated heterocycles. The third kappa shape index (κ3) is 9.45. The normalized spacial score (nSPS) is 18.3. The number of likely N-dealkylation sites (tertiary alicyclic amines) is 1. The van der Waals surface area contributed by atoms with Crippen LogP contribution < -0.4 is 10.9 Å². The van der Waals surface area contributed by atoms with Crippen molar-refractivity contribution < 1.29 is 8.78 Å². The van der Waals surface area contributed by atoms with Crippen molar-refractivity contribution in [3.63, 3.8) is 0 Å². The number of halogens is 2. The molecule has 0 aliphatic carbocycles. The molecule has 3 rings (SSSR count). The second-order valence-corrected chi connectivity index (χ2v) is 9.02. The van der Waals surface area contributed by atoms with Gasteiger partial charge in [0.15, 0.2) is 0 Å². The van der Waals surface area contributed by atoms with Gasteiger partial charge in [0.05, 0.1) is 17.8 Å². The van der Waals surface area contributed by atoms with Crippen molar-refractivity contribution in [2.24, 2.45) is 26.8 Å². The van der Waals surface area contributed by atoms with Crippen LogP contribution in [0.5, 0.6) is 0 Å². The van der Waals surface area contributed by atoms with Gasteiger partial charge in [-0.3, -0.25) is 15.1 Å². The molecule has 1 fully saturated rings. The molecule has 208 valence electrons. The minimum atomic E-state index is -0.960. The van der Waals surface area contributed by atoms with Gasteiger partial charge in [-0.25, -0.2) is 8.78 Å². The van der Waals surface area contributed by atoms with Crippen LogP contribution in [-0.4, -0.2) is 49.5 Å². The summed E-state index contributed by atoms with van der Waals surface area (Å²) in [5.41, 5.74) is 10.7. The molecule has 5 N–H and O–H groups in total. The summed E-state index contributed by atoms with van der Waals surface area (Å²) in [6.45, 7) is 12.7. The zero-order valence-corrected chi connectivity index (χ0v) is 24.0. The summed E-state index contributed by atoms with van der Waals surface area (Å²) >= 11 is 3.03. The summed E-state index contributed by atoms with van der Waals surface area (Å²) in [6.07, 6.45) is 0.126. The Labute approximate surface area is 232 Å². The zero-order chi connectivity index (χ0) is 28.8. The van der Waals surface area contributed by atoms with Crippen LogP contribution in [-0.2, 0) is 6.54 Å². The number of hydrogen-bond donors (Lipinski definition) is 4. The fourth-order valence-electron chi connectivity index (χ4n) is 4.29. The lowest BCUT2D eigenvalue weighted by Crippen LogP contribution is -2.39. The van der Waals surface area contributed by atoms with E-state index in [-0.39, 0.29) is 23.3 Å². The quantitative estimate of drug-likeness (QED) is 0.182. The van der Waals surface area contributed by atoms with Crippen LogP contribution in [0.25, 0.3) is 11.1 Å². The topological polar surface area (TPSA) is 104 Å². The summed E-state index contributed by atoms with van der Waals surface area (Å²) in [7, 11) is 1.91. The van der Waals surface area contributed by atoms with Crippen molar-refractivity contribution in [3.8, 4) is 11.1 Å². The molecule has 0 radical (unpaired) electrons. The number of nitrogens with zero attached hydrogens (tertiary/aromatic N) is 3. The summed E-state index contributed by atoms with van der Waals surface area (Å²) in [5, 5.41) is 12.4. The van der Waals surface area contributed by atoms with Gasteiger partial charge in [-0.1, -0.05) is 49.7 Å². The highest BCUT2D eigenvalue weighted by molar-refractivity contribution is 7.77. The van der Waals surface area contributed by atoms with Crippen molar-refractivity contribution in [1.82, 2.24) is 4.90 Å². The third-order valence-electron chi connectivity index (χ3n) is 6.26. The predicted octanol–water partition coefficient (Wildman–Crippen LogP) is 6.15. The molecule has 0 spiro atoms. The standard InChI is InChI=1S/C27H33F2N5.C2H6.H3NS/c1-17-5-10-23(28)22(13-17)20-8-6-19(7-9-20)15-33-27(31)26(18(2)30)25(32-3)14-21-11-12-34(4)16-24(21)29;2*1-2/h5-10,13,21,24,30H,3,11-12,14-16H2,1-2,4H3,(H2,31,33);1-2H3;2H,1H2/b26-25-,30-18?;;. The largest absolute Gasteiger partial charge is 0.383 e. The number of piperidine rings is 1. The maximum Gasteiger partial charge on any atom is 0.131 e. The molecule has 0 bridgehead atoms. The summed E-state index contributed by atoms with van der Waals surface area (Å²) in [4.78, 5) is 10.6. The van der Waals surface area contributed by atoms with E-state index < -0.39 is 6.17 Å². The molecule has 1 aliphatic rings. The Bertz CT molecular complexity index is 1110. The Morgan fingerprint density at radius 3 is 2.37 bits per heavy atom. The van der Waals surface area contributed by atoms with Crippen molar-refractivity contribution in [2.75, 3.05) is 20.1 Å². The summed E-state index contributed by atoms with van der Waals surface area (Å²) < 4.78 is 28.8. The molecule has 2 aromatic rings. The zero-order valence-electron chi connectivity index (χ0n) is 23.1. The van der Waals surface area contributed by atoms with Gasteiger partial charge >= 0.3 is 0 Å². The Morgan fingerprint density at radius 1 is 1.18 bits per heavy atom. The molecule has 2 atom stereocenters. The fourth-order valence-corrected chi connectivity index (χ4v) is 4.29. The number of nitrogens with two attached hydrogens (primary N) is 2. The van der Waals surface area contributed by atoms with Gasteiger partial charge in [-0.15, -0.1) is 12.8 Å². The van der Waals surface area contributed by atoms with E-state index in [9.17, 15) is 8.78 Å². The van der Waals surface area contributed by atoms with E-state index in [1.807, 2.05) is 63.1 Å². The lowest BCUT2D eigenvalue weighted by atomic mass is 9.89. The average molecular weight is 545 g/mol. The van der Waals surface area contributed by atoms with Crippen molar-refractivity contribution >= 4 is 31.1 Å². The van der Waals surface area contributed by atoms with Gasteiger partial charge in [0, 0.05) is 17.8 Å². The molecular formula is C29H42F2N6S. The molecule has 6 nitrogen and oxygen atoms in total. The maximum atomic E-state index is 14.6. The highest BCUT2D eigenvalue weighted by atomic mass is 32.1. The first-order chi connectivity index (χ1) is 18.2. The summed E-state index contributed by atoms with van der Waals surface area (Å²) in [6, 6.07) is 12.5. The van der Waals surface area contributed by atoms with Crippen LogP contribution in [0.1, 0.15) is 44.7 Å². The van der Waals surface area contributed by atoms with E-state index in [1.54, 1.807) is 13.0 Å². The van der Waals surface area contributed by atoms with Crippen molar-refractivity contribution in [1.29, 1.82) is 5.41 Å². The van der Waals surface area contributed by atoms with Crippen LogP contribution in [0.4, 0.5) is 8.78 Å². The molecule has 9 heteroatoms. The van der Waals surface area contributed by atoms with E-state index in [4.69, 9.17) is 11.1 Å². The molecule has 38 heavy (non-hydrogen) atoms. The van der Waals surface area contributed by atoms with Gasteiger partial charge in [-0.2, -0.15) is 0 Å².